The topological polar surface area (TPSA) is 80.1 Å². The zero-order chi connectivity index (χ0) is 17.1. The Bertz CT molecular complexity index is 918. The number of esters is 1. The molecule has 0 saturated carbocycles. The van der Waals surface area contributed by atoms with E-state index in [0.717, 1.165) is 27.9 Å². The molecule has 0 spiro atoms. The van der Waals surface area contributed by atoms with Crippen molar-refractivity contribution in [2.24, 2.45) is 10.2 Å². The Morgan fingerprint density at radius 1 is 1.42 bits per heavy atom. The first kappa shape index (κ1) is 16.3. The molecule has 9 heteroatoms. The van der Waals surface area contributed by atoms with E-state index in [-0.39, 0.29) is 10.1 Å². The van der Waals surface area contributed by atoms with Gasteiger partial charge in [0.2, 0.25) is 0 Å². The molecule has 1 amide bonds. The minimum Gasteiger partial charge on any atom is -0.466 e. The van der Waals surface area contributed by atoms with Crippen LogP contribution in [0.15, 0.2) is 44.8 Å². The van der Waals surface area contributed by atoms with Gasteiger partial charge in [-0.2, -0.15) is 5.10 Å². The van der Waals surface area contributed by atoms with E-state index in [0.29, 0.717) is 5.56 Å². The first-order valence-electron chi connectivity index (χ1n) is 6.63. The first-order chi connectivity index (χ1) is 11.6. The molecular weight excluding hydrogens is 353 g/mol. The molecule has 0 radical (unpaired) electrons. The molecule has 0 bridgehead atoms. The third-order valence-corrected chi connectivity index (χ3v) is 4.80. The zero-order valence-electron chi connectivity index (χ0n) is 12.3. The standard InChI is InChI=1S/C15H10FN3O3S2/c1-22-13(20)6-12-14(21)18-15(24-12)19-17-7-9-5-11-8(2-3-23-11)4-10(9)16/h2-7H,1H3,(H,18,19,21)/b12-6+,17-7?. The zero-order valence-corrected chi connectivity index (χ0v) is 13.9. The highest BCUT2D eigenvalue weighted by molar-refractivity contribution is 8.18. The number of carbonyl (C=O) groups is 2. The number of nitrogens with one attached hydrogen (secondary N) is 1. The highest BCUT2D eigenvalue weighted by Crippen LogP contribution is 2.24. The van der Waals surface area contributed by atoms with E-state index in [9.17, 15) is 14.0 Å². The number of methoxy groups -OCH3 is 1. The highest BCUT2D eigenvalue weighted by atomic mass is 32.2. The summed E-state index contributed by atoms with van der Waals surface area (Å²) in [5, 5.41) is 13.0. The number of amides is 1. The molecule has 1 aromatic carbocycles. The van der Waals surface area contributed by atoms with Gasteiger partial charge in [0.25, 0.3) is 5.91 Å². The molecule has 1 N–H and O–H groups in total. The summed E-state index contributed by atoms with van der Waals surface area (Å²) in [7, 11) is 1.22. The van der Waals surface area contributed by atoms with Gasteiger partial charge in [0, 0.05) is 16.3 Å². The van der Waals surface area contributed by atoms with Gasteiger partial charge in [0.15, 0.2) is 5.17 Å². The van der Waals surface area contributed by atoms with Crippen molar-refractivity contribution in [2.45, 2.75) is 0 Å². The Labute approximate surface area is 144 Å². The lowest BCUT2D eigenvalue weighted by Gasteiger charge is -1.96. The van der Waals surface area contributed by atoms with Crippen molar-refractivity contribution in [1.29, 1.82) is 0 Å². The quantitative estimate of drug-likeness (QED) is 0.393. The summed E-state index contributed by atoms with van der Waals surface area (Å²) in [6.45, 7) is 0. The monoisotopic (exact) mass is 363 g/mol. The number of thiophene rings is 1. The third kappa shape index (κ3) is 3.52. The number of hydrogen-bond donors (Lipinski definition) is 1. The minimum absolute atomic E-state index is 0.155. The number of rotatable bonds is 3. The van der Waals surface area contributed by atoms with Crippen LogP contribution in [0, 0.1) is 5.82 Å². The number of hydrogen-bond acceptors (Lipinski definition) is 7. The Kier molecular flexibility index (Phi) is 4.72. The molecule has 0 unspecified atom stereocenters. The first-order valence-corrected chi connectivity index (χ1v) is 8.33. The smallest absolute Gasteiger partial charge is 0.331 e. The average Bonchev–Trinajstić information content (AvgIpc) is 3.14. The van der Waals surface area contributed by atoms with Crippen LogP contribution >= 0.6 is 23.1 Å². The van der Waals surface area contributed by atoms with Crippen molar-refractivity contribution >= 4 is 56.4 Å². The molecule has 1 saturated heterocycles. The van der Waals surface area contributed by atoms with Crippen LogP contribution in [0.4, 0.5) is 4.39 Å². The highest BCUT2D eigenvalue weighted by Gasteiger charge is 2.25. The van der Waals surface area contributed by atoms with Gasteiger partial charge >= 0.3 is 5.97 Å². The van der Waals surface area contributed by atoms with Gasteiger partial charge in [-0.05, 0) is 40.7 Å². The van der Waals surface area contributed by atoms with E-state index >= 15 is 0 Å². The SMILES string of the molecule is COC(=O)/C=C1/S/C(=N\N=Cc2cc3sccc3cc2F)NC1=O. The van der Waals surface area contributed by atoms with Gasteiger partial charge < -0.3 is 4.74 Å². The van der Waals surface area contributed by atoms with E-state index in [4.69, 9.17) is 0 Å². The van der Waals surface area contributed by atoms with Crippen LogP contribution < -0.4 is 5.32 Å². The van der Waals surface area contributed by atoms with Crippen molar-refractivity contribution in [1.82, 2.24) is 5.32 Å². The van der Waals surface area contributed by atoms with Crippen LogP contribution in [0.5, 0.6) is 0 Å². The maximum Gasteiger partial charge on any atom is 0.331 e. The molecule has 2 aromatic rings. The Morgan fingerprint density at radius 2 is 2.25 bits per heavy atom. The van der Waals surface area contributed by atoms with E-state index in [1.807, 2.05) is 11.4 Å². The van der Waals surface area contributed by atoms with E-state index in [1.54, 1.807) is 6.07 Å². The maximum atomic E-state index is 13.9. The number of nitrogens with zero attached hydrogens (tertiary/aromatic N) is 2. The number of thioether (sulfide) groups is 1. The lowest BCUT2D eigenvalue weighted by atomic mass is 10.2. The van der Waals surface area contributed by atoms with Crippen LogP contribution in [-0.2, 0) is 14.3 Å². The predicted octanol–water partition coefficient (Wildman–Crippen LogP) is 2.65. The summed E-state index contributed by atoms with van der Waals surface area (Å²) in [5.41, 5.74) is 0.300. The van der Waals surface area contributed by atoms with Crippen LogP contribution in [-0.4, -0.2) is 30.4 Å². The lowest BCUT2D eigenvalue weighted by molar-refractivity contribution is -0.135. The fourth-order valence-electron chi connectivity index (χ4n) is 1.88. The lowest BCUT2D eigenvalue weighted by Crippen LogP contribution is -2.19. The Morgan fingerprint density at radius 3 is 3.04 bits per heavy atom. The molecule has 1 aliphatic heterocycles. The van der Waals surface area contributed by atoms with Gasteiger partial charge in [-0.25, -0.2) is 9.18 Å². The van der Waals surface area contributed by atoms with Crippen molar-refractivity contribution in [3.63, 3.8) is 0 Å². The molecule has 2 heterocycles. The molecule has 6 nitrogen and oxygen atoms in total. The number of halogens is 1. The van der Waals surface area contributed by atoms with Gasteiger partial charge in [-0.3, -0.25) is 10.1 Å². The second kappa shape index (κ2) is 6.93. The molecule has 1 aliphatic rings. The summed E-state index contributed by atoms with van der Waals surface area (Å²) >= 11 is 2.45. The van der Waals surface area contributed by atoms with E-state index < -0.39 is 17.7 Å². The summed E-state index contributed by atoms with van der Waals surface area (Å²) in [6, 6.07) is 4.95. The second-order valence-corrected chi connectivity index (χ2v) is 6.55. The van der Waals surface area contributed by atoms with Crippen LogP contribution in [0.2, 0.25) is 0 Å². The van der Waals surface area contributed by atoms with E-state index in [1.165, 1.54) is 30.7 Å². The molecule has 1 aromatic heterocycles. The molecule has 1 fully saturated rings. The number of fused-ring (bicyclic) bond motifs is 1. The molecular formula is C15H10FN3O3S2. The normalized spacial score (nSPS) is 18.0. The predicted molar refractivity (Wildman–Crippen MR) is 92.6 cm³/mol. The number of amidine groups is 1. The van der Waals surface area contributed by atoms with Crippen molar-refractivity contribution in [2.75, 3.05) is 7.11 Å². The van der Waals surface area contributed by atoms with Crippen LogP contribution in [0.25, 0.3) is 10.1 Å². The van der Waals surface area contributed by atoms with Crippen molar-refractivity contribution < 1.29 is 18.7 Å². The Balaban J connectivity index is 1.76. The minimum atomic E-state index is -0.635. The van der Waals surface area contributed by atoms with Crippen molar-refractivity contribution in [3.8, 4) is 0 Å². The van der Waals surface area contributed by atoms with Gasteiger partial charge in [0.1, 0.15) is 5.82 Å². The maximum absolute atomic E-state index is 13.9. The number of carbonyl (C=O) groups excluding carboxylic acids is 2. The number of ether oxygens (including phenoxy) is 1. The fraction of sp³-hybridized carbons (Fsp3) is 0.0667. The molecule has 3 rings (SSSR count). The summed E-state index contributed by atoms with van der Waals surface area (Å²) in [4.78, 5) is 22.9. The molecule has 0 atom stereocenters. The summed E-state index contributed by atoms with van der Waals surface area (Å²) in [6.07, 6.45) is 2.34. The van der Waals surface area contributed by atoms with Crippen LogP contribution in [0.1, 0.15) is 5.56 Å². The summed E-state index contributed by atoms with van der Waals surface area (Å²) in [5.74, 6) is -1.51. The van der Waals surface area contributed by atoms with Gasteiger partial charge in [-0.1, -0.05) is 0 Å². The van der Waals surface area contributed by atoms with Crippen molar-refractivity contribution in [3.05, 3.63) is 45.9 Å². The second-order valence-electron chi connectivity index (χ2n) is 4.57. The molecule has 0 aliphatic carbocycles. The fourth-order valence-corrected chi connectivity index (χ4v) is 3.44. The largest absolute Gasteiger partial charge is 0.466 e. The third-order valence-electron chi connectivity index (χ3n) is 3.02. The number of benzene rings is 1. The van der Waals surface area contributed by atoms with Crippen LogP contribution in [0.3, 0.4) is 0 Å². The molecule has 122 valence electrons. The van der Waals surface area contributed by atoms with Gasteiger partial charge in [-0.15, -0.1) is 16.4 Å². The van der Waals surface area contributed by atoms with E-state index in [2.05, 4.69) is 20.3 Å². The summed E-state index contributed by atoms with van der Waals surface area (Å²) < 4.78 is 19.3. The molecule has 24 heavy (non-hydrogen) atoms. The Hall–Kier alpha value is -2.52. The van der Waals surface area contributed by atoms with Gasteiger partial charge in [0.05, 0.1) is 18.2 Å². The average molecular weight is 363 g/mol.